The van der Waals surface area contributed by atoms with Gasteiger partial charge in [0.05, 0.1) is 25.3 Å². The Kier molecular flexibility index (Phi) is 4.88. The Morgan fingerprint density at radius 1 is 1.03 bits per heavy atom. The third-order valence-electron chi connectivity index (χ3n) is 5.98. The highest BCUT2D eigenvalue weighted by Crippen LogP contribution is 2.33. The first kappa shape index (κ1) is 19.6. The maximum atomic E-state index is 6.29. The van der Waals surface area contributed by atoms with Crippen molar-refractivity contribution in [2.75, 3.05) is 38.8 Å². The second kappa shape index (κ2) is 7.72. The van der Waals surface area contributed by atoms with Gasteiger partial charge in [-0.1, -0.05) is 24.3 Å². The number of likely N-dealkylation sites (tertiary alicyclic amines) is 1. The van der Waals surface area contributed by atoms with Crippen molar-refractivity contribution in [1.82, 2.24) is 19.4 Å². The lowest BCUT2D eigenvalue weighted by Gasteiger charge is -2.38. The van der Waals surface area contributed by atoms with Crippen molar-refractivity contribution in [3.8, 4) is 5.75 Å². The molecule has 2 aromatic heterocycles. The normalized spacial score (nSPS) is 14.9. The fraction of sp³-hybridized carbons (Fsp3) is 0.304. The van der Waals surface area contributed by atoms with E-state index in [2.05, 4.69) is 37.6 Å². The summed E-state index contributed by atoms with van der Waals surface area (Å²) in [5, 5.41) is 1.000. The fourth-order valence-corrected chi connectivity index (χ4v) is 4.42. The van der Waals surface area contributed by atoms with Gasteiger partial charge in [0.25, 0.3) is 0 Å². The molecule has 0 amide bonds. The number of rotatable bonds is 6. The van der Waals surface area contributed by atoms with Crippen molar-refractivity contribution in [1.29, 1.82) is 0 Å². The number of para-hydroxylation sites is 1. The van der Waals surface area contributed by atoms with Gasteiger partial charge in [-0.15, -0.1) is 0 Å². The smallest absolute Gasteiger partial charge is 0.222 e. The number of hydrogen-bond donors (Lipinski definition) is 2. The lowest BCUT2D eigenvalue weighted by molar-refractivity contribution is -0.0334. The van der Waals surface area contributed by atoms with Gasteiger partial charge in [0, 0.05) is 37.7 Å². The molecule has 0 saturated carbocycles. The maximum Gasteiger partial charge on any atom is 0.222 e. The molecule has 8 nitrogen and oxygen atoms in total. The average molecular weight is 419 g/mol. The first-order valence-corrected chi connectivity index (χ1v) is 10.3. The van der Waals surface area contributed by atoms with Gasteiger partial charge in [-0.3, -0.25) is 4.90 Å². The summed E-state index contributed by atoms with van der Waals surface area (Å²) < 4.78 is 13.2. The number of aromatic nitrogens is 3. The van der Waals surface area contributed by atoms with Gasteiger partial charge in [0.1, 0.15) is 16.8 Å². The number of nitrogens with zero attached hydrogens (tertiary/aromatic N) is 4. The topological polar surface area (TPSA) is 104 Å². The largest absolute Gasteiger partial charge is 0.496 e. The highest BCUT2D eigenvalue weighted by molar-refractivity contribution is 6.09. The predicted octanol–water partition coefficient (Wildman–Crippen LogP) is 2.64. The molecule has 2 aromatic carbocycles. The number of nitrogen functional groups attached to an aromatic ring is 2. The van der Waals surface area contributed by atoms with Crippen LogP contribution >= 0.6 is 0 Å². The van der Waals surface area contributed by atoms with Crippen LogP contribution in [0.25, 0.3) is 21.9 Å². The molecule has 31 heavy (non-hydrogen) atoms. The molecule has 4 N–H and O–H groups in total. The van der Waals surface area contributed by atoms with Crippen molar-refractivity contribution >= 4 is 33.7 Å². The second-order valence-electron chi connectivity index (χ2n) is 7.97. The van der Waals surface area contributed by atoms with Crippen molar-refractivity contribution in [3.63, 3.8) is 0 Å². The molecule has 1 aliphatic rings. The van der Waals surface area contributed by atoms with E-state index in [1.54, 1.807) is 14.2 Å². The molecule has 4 aromatic rings. The van der Waals surface area contributed by atoms with E-state index < -0.39 is 0 Å². The fourth-order valence-electron chi connectivity index (χ4n) is 4.42. The summed E-state index contributed by atoms with van der Waals surface area (Å²) in [6.07, 6.45) is 0.339. The standard InChI is InChI=1S/C23H26N6O2/c1-30-16-12-28(13-16)10-14-7-8-19(31-2)15(9-14)11-29-18-6-4-3-5-17(18)20-21(29)22(24)27-23(25)26-20/h3-9,16H,10-13H2,1-2H3,(H4,24,25,26,27). The quantitative estimate of drug-likeness (QED) is 0.496. The van der Waals surface area contributed by atoms with Crippen LogP contribution in [0.5, 0.6) is 5.75 Å². The molecule has 0 atom stereocenters. The molecule has 3 heterocycles. The zero-order valence-corrected chi connectivity index (χ0v) is 17.7. The molecule has 5 rings (SSSR count). The van der Waals surface area contributed by atoms with Gasteiger partial charge < -0.3 is 25.5 Å². The summed E-state index contributed by atoms with van der Waals surface area (Å²) in [6, 6.07) is 14.4. The van der Waals surface area contributed by atoms with Crippen LogP contribution in [-0.4, -0.2) is 52.8 Å². The van der Waals surface area contributed by atoms with Crippen molar-refractivity contribution in [2.24, 2.45) is 0 Å². The lowest BCUT2D eigenvalue weighted by Crippen LogP contribution is -2.50. The zero-order chi connectivity index (χ0) is 21.5. The van der Waals surface area contributed by atoms with Crippen LogP contribution < -0.4 is 16.2 Å². The summed E-state index contributed by atoms with van der Waals surface area (Å²) in [5.41, 5.74) is 17.1. The Morgan fingerprint density at radius 2 is 1.84 bits per heavy atom. The van der Waals surface area contributed by atoms with E-state index in [4.69, 9.17) is 20.9 Å². The van der Waals surface area contributed by atoms with Crippen molar-refractivity contribution in [2.45, 2.75) is 19.2 Å². The third kappa shape index (κ3) is 3.43. The van der Waals surface area contributed by atoms with E-state index in [1.165, 1.54) is 5.56 Å². The summed E-state index contributed by atoms with van der Waals surface area (Å²) >= 11 is 0. The van der Waals surface area contributed by atoms with E-state index in [0.29, 0.717) is 18.5 Å². The molecule has 0 aliphatic carbocycles. The van der Waals surface area contributed by atoms with Crippen LogP contribution in [0.15, 0.2) is 42.5 Å². The van der Waals surface area contributed by atoms with E-state index in [9.17, 15) is 0 Å². The van der Waals surface area contributed by atoms with E-state index in [1.807, 2.05) is 24.3 Å². The van der Waals surface area contributed by atoms with Gasteiger partial charge in [-0.2, -0.15) is 4.98 Å². The predicted molar refractivity (Wildman–Crippen MR) is 122 cm³/mol. The molecule has 0 bridgehead atoms. The average Bonchev–Trinajstić information content (AvgIpc) is 3.04. The van der Waals surface area contributed by atoms with Gasteiger partial charge in [-0.25, -0.2) is 4.98 Å². The monoisotopic (exact) mass is 418 g/mol. The van der Waals surface area contributed by atoms with Crippen LogP contribution in [0.1, 0.15) is 11.1 Å². The van der Waals surface area contributed by atoms with Crippen molar-refractivity contribution in [3.05, 3.63) is 53.6 Å². The molecule has 0 unspecified atom stereocenters. The SMILES string of the molecule is COc1ccc(CN2CC(OC)C2)cc1Cn1c2ccccc2c2nc(N)nc(N)c21. The van der Waals surface area contributed by atoms with Crippen LogP contribution in [0.2, 0.25) is 0 Å². The Balaban J connectivity index is 1.56. The summed E-state index contributed by atoms with van der Waals surface area (Å²) in [6.45, 7) is 3.38. The molecule has 160 valence electrons. The Bertz CT molecular complexity index is 1260. The third-order valence-corrected chi connectivity index (χ3v) is 5.98. The van der Waals surface area contributed by atoms with Gasteiger partial charge in [-0.05, 0) is 23.8 Å². The molecule has 0 radical (unpaired) electrons. The molecule has 8 heteroatoms. The van der Waals surface area contributed by atoms with E-state index in [-0.39, 0.29) is 5.95 Å². The molecular formula is C23H26N6O2. The van der Waals surface area contributed by atoms with E-state index >= 15 is 0 Å². The Labute approximate surface area is 180 Å². The highest BCUT2D eigenvalue weighted by Gasteiger charge is 2.26. The summed E-state index contributed by atoms with van der Waals surface area (Å²) in [4.78, 5) is 11.1. The molecule has 1 fully saturated rings. The van der Waals surface area contributed by atoms with Crippen LogP contribution in [0, 0.1) is 0 Å². The number of fused-ring (bicyclic) bond motifs is 3. The van der Waals surface area contributed by atoms with Crippen LogP contribution in [0.3, 0.4) is 0 Å². The first-order chi connectivity index (χ1) is 15.1. The Morgan fingerprint density at radius 3 is 2.61 bits per heavy atom. The number of benzene rings is 2. The highest BCUT2D eigenvalue weighted by atomic mass is 16.5. The molecular weight excluding hydrogens is 392 g/mol. The van der Waals surface area contributed by atoms with Gasteiger partial charge in [0.2, 0.25) is 5.95 Å². The number of hydrogen-bond acceptors (Lipinski definition) is 7. The minimum Gasteiger partial charge on any atom is -0.496 e. The molecule has 0 spiro atoms. The zero-order valence-electron chi connectivity index (χ0n) is 17.7. The van der Waals surface area contributed by atoms with Crippen LogP contribution in [-0.2, 0) is 17.8 Å². The number of nitrogens with two attached hydrogens (primary N) is 2. The Hall–Kier alpha value is -3.36. The number of anilines is 2. The van der Waals surface area contributed by atoms with Gasteiger partial charge in [0.15, 0.2) is 5.82 Å². The minimum absolute atomic E-state index is 0.177. The summed E-state index contributed by atoms with van der Waals surface area (Å²) in [7, 11) is 3.46. The molecule has 1 saturated heterocycles. The first-order valence-electron chi connectivity index (χ1n) is 10.3. The van der Waals surface area contributed by atoms with Gasteiger partial charge >= 0.3 is 0 Å². The molecule has 1 aliphatic heterocycles. The summed E-state index contributed by atoms with van der Waals surface area (Å²) in [5.74, 6) is 1.39. The number of methoxy groups -OCH3 is 2. The second-order valence-corrected chi connectivity index (χ2v) is 7.97. The minimum atomic E-state index is 0.177. The lowest BCUT2D eigenvalue weighted by atomic mass is 10.1. The van der Waals surface area contributed by atoms with Crippen LogP contribution in [0.4, 0.5) is 11.8 Å². The van der Waals surface area contributed by atoms with E-state index in [0.717, 1.165) is 52.9 Å². The van der Waals surface area contributed by atoms with Crippen molar-refractivity contribution < 1.29 is 9.47 Å². The maximum absolute atomic E-state index is 6.29. The number of ether oxygens (including phenoxy) is 2.